The van der Waals surface area contributed by atoms with Crippen LogP contribution < -0.4 is 5.32 Å². The number of likely N-dealkylation sites (tertiary alicyclic amines) is 1. The minimum absolute atomic E-state index is 0.0672. The summed E-state index contributed by atoms with van der Waals surface area (Å²) in [7, 11) is 2.06. The van der Waals surface area contributed by atoms with Gasteiger partial charge in [-0.25, -0.2) is 4.98 Å². The summed E-state index contributed by atoms with van der Waals surface area (Å²) in [6.07, 6.45) is 2.67. The summed E-state index contributed by atoms with van der Waals surface area (Å²) in [5.41, 5.74) is 3.71. The lowest BCUT2D eigenvalue weighted by Gasteiger charge is -2.39. The Balaban J connectivity index is 1.21. The number of nitrogens with one attached hydrogen (secondary N) is 1. The van der Waals surface area contributed by atoms with Crippen molar-refractivity contribution in [1.29, 1.82) is 0 Å². The molecule has 4 heterocycles. The van der Waals surface area contributed by atoms with Crippen LogP contribution in [0.4, 0.5) is 10.9 Å². The van der Waals surface area contributed by atoms with Gasteiger partial charge in [0, 0.05) is 31.2 Å². The Kier molecular flexibility index (Phi) is 5.89. The Morgan fingerprint density at radius 2 is 1.84 bits per heavy atom. The van der Waals surface area contributed by atoms with Crippen LogP contribution in [0.15, 0.2) is 42.5 Å². The van der Waals surface area contributed by atoms with Crippen molar-refractivity contribution in [3.8, 4) is 0 Å². The van der Waals surface area contributed by atoms with Crippen LogP contribution in [-0.4, -0.2) is 57.1 Å². The van der Waals surface area contributed by atoms with E-state index in [0.29, 0.717) is 5.92 Å². The third-order valence-corrected chi connectivity index (χ3v) is 7.28. The first kappa shape index (κ1) is 21.0. The molecule has 1 atom stereocenters. The third-order valence-electron chi connectivity index (χ3n) is 6.53. The van der Waals surface area contributed by atoms with Gasteiger partial charge in [-0.3, -0.25) is 9.69 Å². The lowest BCUT2D eigenvalue weighted by atomic mass is 9.90. The van der Waals surface area contributed by atoms with Crippen LogP contribution in [0.5, 0.6) is 0 Å². The maximum atomic E-state index is 13.3. The molecule has 1 N–H and O–H groups in total. The number of carbonyl (C=O) groups is 1. The molecule has 3 aromatic rings. The molecule has 166 valence electrons. The number of amides is 1. The summed E-state index contributed by atoms with van der Waals surface area (Å²) in [6.45, 7) is 4.33. The SMILES string of the molecule is Cc1nnc(Nc2cccc(C3CCN(C(=O)C4Cc5ccccc5CN4C)CC3)n2)s1. The van der Waals surface area contributed by atoms with E-state index in [1.54, 1.807) is 0 Å². The Morgan fingerprint density at radius 3 is 2.59 bits per heavy atom. The first-order chi connectivity index (χ1) is 15.6. The Bertz CT molecular complexity index is 1110. The molecule has 32 heavy (non-hydrogen) atoms. The number of pyridine rings is 1. The predicted molar refractivity (Wildman–Crippen MR) is 126 cm³/mol. The van der Waals surface area contributed by atoms with Gasteiger partial charge in [-0.15, -0.1) is 10.2 Å². The fraction of sp³-hybridized carbons (Fsp3) is 0.417. The van der Waals surface area contributed by atoms with Gasteiger partial charge in [-0.2, -0.15) is 0 Å². The number of rotatable bonds is 4. The molecule has 0 aliphatic carbocycles. The second-order valence-electron chi connectivity index (χ2n) is 8.70. The van der Waals surface area contributed by atoms with E-state index in [0.717, 1.165) is 60.5 Å². The number of nitrogens with zero attached hydrogens (tertiary/aromatic N) is 5. The maximum absolute atomic E-state index is 13.3. The van der Waals surface area contributed by atoms with E-state index in [2.05, 4.69) is 62.7 Å². The number of anilines is 2. The number of piperidine rings is 1. The van der Waals surface area contributed by atoms with E-state index in [9.17, 15) is 4.79 Å². The second-order valence-corrected chi connectivity index (χ2v) is 9.88. The van der Waals surface area contributed by atoms with Crippen molar-refractivity contribution in [2.75, 3.05) is 25.5 Å². The highest BCUT2D eigenvalue weighted by Crippen LogP contribution is 2.30. The molecule has 8 heteroatoms. The molecule has 2 aromatic heterocycles. The maximum Gasteiger partial charge on any atom is 0.240 e. The van der Waals surface area contributed by atoms with Gasteiger partial charge in [-0.05, 0) is 56.5 Å². The monoisotopic (exact) mass is 448 g/mol. The molecule has 0 spiro atoms. The van der Waals surface area contributed by atoms with Gasteiger partial charge in [0.05, 0.1) is 6.04 Å². The minimum Gasteiger partial charge on any atom is -0.341 e. The van der Waals surface area contributed by atoms with Gasteiger partial charge in [0.25, 0.3) is 0 Å². The number of aromatic nitrogens is 3. The highest BCUT2D eigenvalue weighted by molar-refractivity contribution is 7.15. The van der Waals surface area contributed by atoms with Crippen LogP contribution >= 0.6 is 11.3 Å². The number of benzene rings is 1. The molecule has 7 nitrogen and oxygen atoms in total. The molecule has 0 radical (unpaired) electrons. The second kappa shape index (κ2) is 8.96. The lowest BCUT2D eigenvalue weighted by molar-refractivity contribution is -0.138. The summed E-state index contributed by atoms with van der Waals surface area (Å²) >= 11 is 1.52. The first-order valence-electron chi connectivity index (χ1n) is 11.2. The molecule has 1 unspecified atom stereocenters. The zero-order valence-electron chi connectivity index (χ0n) is 18.5. The third kappa shape index (κ3) is 4.38. The number of aryl methyl sites for hydroxylation is 1. The van der Waals surface area contributed by atoms with Gasteiger partial charge in [0.1, 0.15) is 10.8 Å². The van der Waals surface area contributed by atoms with Crippen molar-refractivity contribution in [1.82, 2.24) is 25.0 Å². The van der Waals surface area contributed by atoms with Crippen LogP contribution in [0.2, 0.25) is 0 Å². The minimum atomic E-state index is -0.0672. The zero-order chi connectivity index (χ0) is 22.1. The number of carbonyl (C=O) groups excluding carboxylic acids is 1. The summed E-state index contributed by atoms with van der Waals surface area (Å²) in [4.78, 5) is 22.4. The quantitative estimate of drug-likeness (QED) is 0.655. The molecule has 1 fully saturated rings. The molecule has 1 aromatic carbocycles. The average Bonchev–Trinajstić information content (AvgIpc) is 3.23. The number of fused-ring (bicyclic) bond motifs is 1. The summed E-state index contributed by atoms with van der Waals surface area (Å²) in [5.74, 6) is 1.41. The van der Waals surface area contributed by atoms with Crippen molar-refractivity contribution in [3.05, 3.63) is 64.3 Å². The predicted octanol–water partition coefficient (Wildman–Crippen LogP) is 3.75. The topological polar surface area (TPSA) is 74.2 Å². The van der Waals surface area contributed by atoms with Gasteiger partial charge in [0.2, 0.25) is 11.0 Å². The van der Waals surface area contributed by atoms with E-state index in [1.807, 2.05) is 19.1 Å². The summed E-state index contributed by atoms with van der Waals surface area (Å²) in [5, 5.41) is 13.1. The largest absolute Gasteiger partial charge is 0.341 e. The molecular formula is C24H28N6OS. The molecule has 1 amide bonds. The zero-order valence-corrected chi connectivity index (χ0v) is 19.3. The number of hydrogen-bond donors (Lipinski definition) is 1. The van der Waals surface area contributed by atoms with E-state index >= 15 is 0 Å². The van der Waals surface area contributed by atoms with Gasteiger partial charge in [0.15, 0.2) is 0 Å². The molecule has 1 saturated heterocycles. The van der Waals surface area contributed by atoms with Crippen LogP contribution in [0.25, 0.3) is 0 Å². The highest BCUT2D eigenvalue weighted by atomic mass is 32.1. The van der Waals surface area contributed by atoms with E-state index in [-0.39, 0.29) is 11.9 Å². The normalized spacial score (nSPS) is 19.6. The van der Waals surface area contributed by atoms with Crippen LogP contribution in [0.3, 0.4) is 0 Å². The highest BCUT2D eigenvalue weighted by Gasteiger charge is 2.34. The molecule has 0 bridgehead atoms. The summed E-state index contributed by atoms with van der Waals surface area (Å²) < 4.78 is 0. The molecule has 2 aliphatic rings. The molecule has 2 aliphatic heterocycles. The van der Waals surface area contributed by atoms with E-state index in [4.69, 9.17) is 4.98 Å². The van der Waals surface area contributed by atoms with Gasteiger partial charge in [-0.1, -0.05) is 41.7 Å². The Hall–Kier alpha value is -2.84. The van der Waals surface area contributed by atoms with Gasteiger partial charge < -0.3 is 10.2 Å². The van der Waals surface area contributed by atoms with E-state index < -0.39 is 0 Å². The molecular weight excluding hydrogens is 420 g/mol. The van der Waals surface area contributed by atoms with Crippen LogP contribution in [0, 0.1) is 6.92 Å². The fourth-order valence-corrected chi connectivity index (χ4v) is 5.34. The summed E-state index contributed by atoms with van der Waals surface area (Å²) in [6, 6.07) is 14.5. The van der Waals surface area contributed by atoms with E-state index in [1.165, 1.54) is 22.5 Å². The number of hydrogen-bond acceptors (Lipinski definition) is 7. The Labute approximate surface area is 192 Å². The first-order valence-corrected chi connectivity index (χ1v) is 12.0. The smallest absolute Gasteiger partial charge is 0.240 e. The standard InChI is InChI=1S/C24H28N6OS/c1-16-27-28-24(32-16)26-22-9-5-8-20(25-22)17-10-12-30(13-11-17)23(31)21-14-18-6-3-4-7-19(18)15-29(21)2/h3-9,17,21H,10-15H2,1-2H3,(H,25,26,28). The van der Waals surface area contributed by atoms with Crippen LogP contribution in [-0.2, 0) is 17.8 Å². The molecule has 0 saturated carbocycles. The van der Waals surface area contributed by atoms with Crippen molar-refractivity contribution >= 4 is 28.2 Å². The number of likely N-dealkylation sites (N-methyl/N-ethyl adjacent to an activating group) is 1. The van der Waals surface area contributed by atoms with Crippen LogP contribution in [0.1, 0.15) is 40.6 Å². The fourth-order valence-electron chi connectivity index (χ4n) is 4.74. The van der Waals surface area contributed by atoms with Crippen molar-refractivity contribution in [2.24, 2.45) is 0 Å². The van der Waals surface area contributed by atoms with Gasteiger partial charge >= 0.3 is 0 Å². The Morgan fingerprint density at radius 1 is 1.06 bits per heavy atom. The van der Waals surface area contributed by atoms with Crippen molar-refractivity contribution < 1.29 is 4.79 Å². The molecule has 5 rings (SSSR count). The van der Waals surface area contributed by atoms with Crippen molar-refractivity contribution in [3.63, 3.8) is 0 Å². The lowest BCUT2D eigenvalue weighted by Crippen LogP contribution is -2.51. The van der Waals surface area contributed by atoms with Crippen molar-refractivity contribution in [2.45, 2.75) is 44.7 Å². The average molecular weight is 449 g/mol.